The number of hydrogen-bond donors (Lipinski definition) is 1. The van der Waals surface area contributed by atoms with Crippen molar-refractivity contribution < 1.29 is 13.2 Å². The summed E-state index contributed by atoms with van der Waals surface area (Å²) in [6.07, 6.45) is -4.46. The summed E-state index contributed by atoms with van der Waals surface area (Å²) in [5.74, 6) is 0.328. The highest BCUT2D eigenvalue weighted by Gasteiger charge is 2.32. The molecule has 108 valence electrons. The molecule has 20 heavy (non-hydrogen) atoms. The molecule has 0 saturated heterocycles. The zero-order chi connectivity index (χ0) is 14.9. The van der Waals surface area contributed by atoms with E-state index in [1.165, 1.54) is 15.8 Å². The Balaban J connectivity index is 2.12. The van der Waals surface area contributed by atoms with E-state index in [0.717, 1.165) is 11.6 Å². The Labute approximate surface area is 118 Å². The van der Waals surface area contributed by atoms with Gasteiger partial charge in [0.25, 0.3) is 0 Å². The van der Waals surface area contributed by atoms with E-state index >= 15 is 0 Å². The first-order chi connectivity index (χ1) is 9.27. The summed E-state index contributed by atoms with van der Waals surface area (Å²) < 4.78 is 37.1. The maximum Gasteiger partial charge on any atom is 0.435 e. The predicted molar refractivity (Wildman–Crippen MR) is 72.9 cm³/mol. The second kappa shape index (κ2) is 5.40. The Morgan fingerprint density at radius 2 is 1.90 bits per heavy atom. The molecule has 0 spiro atoms. The van der Waals surface area contributed by atoms with Crippen LogP contribution < -0.4 is 5.32 Å². The van der Waals surface area contributed by atoms with Gasteiger partial charge in [-0.3, -0.25) is 0 Å². The lowest BCUT2D eigenvalue weighted by atomic mass is 10.1. The minimum absolute atomic E-state index is 0.0361. The number of anilines is 1. The topological polar surface area (TPSA) is 37.8 Å². The van der Waals surface area contributed by atoms with Crippen molar-refractivity contribution in [2.45, 2.75) is 33.0 Å². The average Bonchev–Trinajstić information content (AvgIpc) is 2.68. The molecular weight excluding hydrogens is 287 g/mol. The molecular formula is C13H14F3N3S. The smallest absolute Gasteiger partial charge is 0.362 e. The SMILES string of the molecule is Cc1cc(C(C)Nc2ccc(C(F)(F)F)nn2)c(C)s1. The van der Waals surface area contributed by atoms with Crippen molar-refractivity contribution in [1.29, 1.82) is 0 Å². The minimum atomic E-state index is -4.46. The van der Waals surface area contributed by atoms with Crippen LogP contribution in [0.1, 0.15) is 34.0 Å². The molecule has 0 aliphatic rings. The van der Waals surface area contributed by atoms with Crippen LogP contribution in [0.4, 0.5) is 19.0 Å². The number of aromatic nitrogens is 2. The number of rotatable bonds is 3. The summed E-state index contributed by atoms with van der Waals surface area (Å²) >= 11 is 1.69. The fourth-order valence-electron chi connectivity index (χ4n) is 1.94. The molecule has 0 aromatic carbocycles. The summed E-state index contributed by atoms with van der Waals surface area (Å²) in [6.45, 7) is 5.98. The van der Waals surface area contributed by atoms with Crippen molar-refractivity contribution in [3.05, 3.63) is 39.2 Å². The van der Waals surface area contributed by atoms with Gasteiger partial charge < -0.3 is 5.32 Å². The van der Waals surface area contributed by atoms with Gasteiger partial charge in [0.1, 0.15) is 5.82 Å². The Morgan fingerprint density at radius 1 is 1.20 bits per heavy atom. The Hall–Kier alpha value is -1.63. The third-order valence-electron chi connectivity index (χ3n) is 2.87. The lowest BCUT2D eigenvalue weighted by Crippen LogP contribution is -2.12. The highest BCUT2D eigenvalue weighted by molar-refractivity contribution is 7.12. The largest absolute Gasteiger partial charge is 0.435 e. The molecule has 2 aromatic heterocycles. The third-order valence-corrected chi connectivity index (χ3v) is 3.85. The van der Waals surface area contributed by atoms with Crippen LogP contribution in [0.15, 0.2) is 18.2 Å². The van der Waals surface area contributed by atoms with E-state index < -0.39 is 11.9 Å². The van der Waals surface area contributed by atoms with Crippen LogP contribution >= 0.6 is 11.3 Å². The van der Waals surface area contributed by atoms with Crippen molar-refractivity contribution in [1.82, 2.24) is 10.2 Å². The van der Waals surface area contributed by atoms with Crippen molar-refractivity contribution in [2.75, 3.05) is 5.32 Å². The highest BCUT2D eigenvalue weighted by atomic mass is 32.1. The van der Waals surface area contributed by atoms with E-state index in [2.05, 4.69) is 21.6 Å². The maximum atomic E-state index is 12.4. The number of nitrogens with zero attached hydrogens (tertiary/aromatic N) is 2. The van der Waals surface area contributed by atoms with Gasteiger partial charge in [0, 0.05) is 9.75 Å². The second-order valence-corrected chi connectivity index (χ2v) is 6.00. The molecule has 0 bridgehead atoms. The normalized spacial score (nSPS) is 13.3. The predicted octanol–water partition coefficient (Wildman–Crippen LogP) is 4.35. The second-order valence-electron chi connectivity index (χ2n) is 4.54. The monoisotopic (exact) mass is 301 g/mol. The number of halogens is 3. The van der Waals surface area contributed by atoms with E-state index in [9.17, 15) is 13.2 Å². The zero-order valence-electron chi connectivity index (χ0n) is 11.2. The number of thiophene rings is 1. The van der Waals surface area contributed by atoms with Gasteiger partial charge >= 0.3 is 6.18 Å². The van der Waals surface area contributed by atoms with Crippen molar-refractivity contribution >= 4 is 17.2 Å². The quantitative estimate of drug-likeness (QED) is 0.916. The van der Waals surface area contributed by atoms with Crippen molar-refractivity contribution in [3.8, 4) is 0 Å². The minimum Gasteiger partial charge on any atom is -0.362 e. The van der Waals surface area contributed by atoms with Crippen LogP contribution in [0.2, 0.25) is 0 Å². The molecule has 1 N–H and O–H groups in total. The van der Waals surface area contributed by atoms with E-state index in [-0.39, 0.29) is 6.04 Å². The van der Waals surface area contributed by atoms with Crippen LogP contribution in [-0.2, 0) is 6.18 Å². The Kier molecular flexibility index (Phi) is 3.99. The maximum absolute atomic E-state index is 12.4. The van der Waals surface area contributed by atoms with E-state index in [0.29, 0.717) is 5.82 Å². The van der Waals surface area contributed by atoms with Crippen LogP contribution in [0.5, 0.6) is 0 Å². The van der Waals surface area contributed by atoms with Gasteiger partial charge in [-0.15, -0.1) is 21.5 Å². The molecule has 3 nitrogen and oxygen atoms in total. The summed E-state index contributed by atoms with van der Waals surface area (Å²) in [6, 6.07) is 4.25. The van der Waals surface area contributed by atoms with Crippen molar-refractivity contribution in [2.24, 2.45) is 0 Å². The van der Waals surface area contributed by atoms with Gasteiger partial charge in [-0.2, -0.15) is 13.2 Å². The Bertz CT molecular complexity index is 590. The van der Waals surface area contributed by atoms with Gasteiger partial charge in [0.05, 0.1) is 6.04 Å². The molecule has 0 aliphatic heterocycles. The lowest BCUT2D eigenvalue weighted by molar-refractivity contribution is -0.141. The summed E-state index contributed by atoms with van der Waals surface area (Å²) in [5.41, 5.74) is 0.132. The van der Waals surface area contributed by atoms with Crippen LogP contribution in [0.25, 0.3) is 0 Å². The third kappa shape index (κ3) is 3.27. The number of hydrogen-bond acceptors (Lipinski definition) is 4. The summed E-state index contributed by atoms with van der Waals surface area (Å²) in [4.78, 5) is 2.38. The zero-order valence-corrected chi connectivity index (χ0v) is 12.1. The molecule has 0 radical (unpaired) electrons. The first-order valence-corrected chi connectivity index (χ1v) is 6.83. The molecule has 2 rings (SSSR count). The van der Waals surface area contributed by atoms with Gasteiger partial charge in [-0.1, -0.05) is 0 Å². The number of nitrogens with one attached hydrogen (secondary N) is 1. The fourth-order valence-corrected chi connectivity index (χ4v) is 2.96. The molecule has 0 amide bonds. The Morgan fingerprint density at radius 3 is 2.35 bits per heavy atom. The number of alkyl halides is 3. The van der Waals surface area contributed by atoms with E-state index in [1.54, 1.807) is 11.3 Å². The highest BCUT2D eigenvalue weighted by Crippen LogP contribution is 2.29. The summed E-state index contributed by atoms with van der Waals surface area (Å²) in [5, 5.41) is 9.82. The van der Waals surface area contributed by atoms with Gasteiger partial charge in [-0.05, 0) is 44.5 Å². The molecule has 2 aromatic rings. The lowest BCUT2D eigenvalue weighted by Gasteiger charge is -2.14. The van der Waals surface area contributed by atoms with E-state index in [1.807, 2.05) is 20.8 Å². The van der Waals surface area contributed by atoms with Gasteiger partial charge in [-0.25, -0.2) is 0 Å². The van der Waals surface area contributed by atoms with E-state index in [4.69, 9.17) is 0 Å². The molecule has 0 fully saturated rings. The van der Waals surface area contributed by atoms with Gasteiger partial charge in [0.15, 0.2) is 5.69 Å². The first kappa shape index (κ1) is 14.8. The van der Waals surface area contributed by atoms with Crippen molar-refractivity contribution in [3.63, 3.8) is 0 Å². The van der Waals surface area contributed by atoms with Gasteiger partial charge in [0.2, 0.25) is 0 Å². The van der Waals surface area contributed by atoms with Crippen LogP contribution in [0, 0.1) is 13.8 Å². The average molecular weight is 301 g/mol. The molecule has 1 atom stereocenters. The molecule has 1 unspecified atom stereocenters. The standard InChI is InChI=1S/C13H14F3N3S/c1-7-6-10(9(3)20-7)8(2)17-12-5-4-11(18-19-12)13(14,15)16/h4-6,8H,1-3H3,(H,17,19). The summed E-state index contributed by atoms with van der Waals surface area (Å²) in [7, 11) is 0. The fraction of sp³-hybridized carbons (Fsp3) is 0.385. The number of aryl methyl sites for hydroxylation is 2. The van der Waals surface area contributed by atoms with Crippen LogP contribution in [0.3, 0.4) is 0 Å². The molecule has 7 heteroatoms. The molecule has 0 aliphatic carbocycles. The van der Waals surface area contributed by atoms with Crippen LogP contribution in [-0.4, -0.2) is 10.2 Å². The first-order valence-electron chi connectivity index (χ1n) is 6.02. The molecule has 2 heterocycles. The molecule has 0 saturated carbocycles.